The standard InChI is InChI=1S/C17H29N3/c1-12-8-13(2)10-16(9-12)20-11-14(3)18-17(20)19-15-6-4-5-7-15/h11-13,15-16H,4-10H2,1-3H3,(H,18,19). The summed E-state index contributed by atoms with van der Waals surface area (Å²) >= 11 is 0. The highest BCUT2D eigenvalue weighted by Gasteiger charge is 2.27. The molecule has 1 N–H and O–H groups in total. The number of imidazole rings is 1. The highest BCUT2D eigenvalue weighted by atomic mass is 15.2. The predicted octanol–water partition coefficient (Wildman–Crippen LogP) is 4.54. The Hall–Kier alpha value is -0.990. The van der Waals surface area contributed by atoms with Gasteiger partial charge in [-0.25, -0.2) is 4.98 Å². The molecule has 2 fully saturated rings. The van der Waals surface area contributed by atoms with E-state index in [1.807, 2.05) is 0 Å². The van der Waals surface area contributed by atoms with Crippen LogP contribution in [0.4, 0.5) is 5.95 Å². The Balaban J connectivity index is 1.77. The lowest BCUT2D eigenvalue weighted by Gasteiger charge is -2.33. The van der Waals surface area contributed by atoms with Gasteiger partial charge in [-0.2, -0.15) is 0 Å². The summed E-state index contributed by atoms with van der Waals surface area (Å²) in [6.45, 7) is 6.92. The van der Waals surface area contributed by atoms with Crippen molar-refractivity contribution in [2.45, 2.75) is 77.8 Å². The largest absolute Gasteiger partial charge is 0.353 e. The number of rotatable bonds is 3. The number of anilines is 1. The van der Waals surface area contributed by atoms with Crippen LogP contribution < -0.4 is 5.32 Å². The van der Waals surface area contributed by atoms with E-state index in [9.17, 15) is 0 Å². The SMILES string of the molecule is Cc1cn(C2CC(C)CC(C)C2)c(NC2CCCC2)n1. The van der Waals surface area contributed by atoms with Crippen molar-refractivity contribution in [2.75, 3.05) is 5.32 Å². The average molecular weight is 275 g/mol. The van der Waals surface area contributed by atoms with Crippen molar-refractivity contribution in [1.29, 1.82) is 0 Å². The summed E-state index contributed by atoms with van der Waals surface area (Å²) in [6, 6.07) is 1.29. The molecule has 1 heterocycles. The molecule has 0 amide bonds. The van der Waals surface area contributed by atoms with Crippen LogP contribution in [0.25, 0.3) is 0 Å². The molecule has 2 atom stereocenters. The van der Waals surface area contributed by atoms with Gasteiger partial charge in [-0.1, -0.05) is 26.7 Å². The Bertz CT molecular complexity index is 435. The number of nitrogens with zero attached hydrogens (tertiary/aromatic N) is 2. The molecular formula is C17H29N3. The molecule has 0 spiro atoms. The predicted molar refractivity (Wildman–Crippen MR) is 84.1 cm³/mol. The van der Waals surface area contributed by atoms with Gasteiger partial charge in [0.25, 0.3) is 0 Å². The number of aromatic nitrogens is 2. The van der Waals surface area contributed by atoms with Crippen molar-refractivity contribution in [2.24, 2.45) is 11.8 Å². The van der Waals surface area contributed by atoms with Gasteiger partial charge in [-0.05, 0) is 50.9 Å². The molecule has 0 saturated heterocycles. The molecule has 2 saturated carbocycles. The highest BCUT2D eigenvalue weighted by Crippen LogP contribution is 2.37. The number of aryl methyl sites for hydroxylation is 1. The maximum atomic E-state index is 4.75. The summed E-state index contributed by atoms with van der Waals surface area (Å²) in [4.78, 5) is 4.75. The van der Waals surface area contributed by atoms with Crippen molar-refractivity contribution >= 4 is 5.95 Å². The zero-order valence-electron chi connectivity index (χ0n) is 13.2. The quantitative estimate of drug-likeness (QED) is 0.877. The molecule has 112 valence electrons. The molecule has 20 heavy (non-hydrogen) atoms. The Morgan fingerprint density at radius 3 is 2.40 bits per heavy atom. The maximum Gasteiger partial charge on any atom is 0.203 e. The molecule has 2 aliphatic carbocycles. The van der Waals surface area contributed by atoms with E-state index >= 15 is 0 Å². The van der Waals surface area contributed by atoms with Crippen LogP contribution in [0.5, 0.6) is 0 Å². The Morgan fingerprint density at radius 2 is 1.75 bits per heavy atom. The highest BCUT2D eigenvalue weighted by molar-refractivity contribution is 5.31. The third kappa shape index (κ3) is 3.02. The fourth-order valence-corrected chi connectivity index (χ4v) is 4.29. The van der Waals surface area contributed by atoms with E-state index in [4.69, 9.17) is 4.98 Å². The van der Waals surface area contributed by atoms with Gasteiger partial charge < -0.3 is 9.88 Å². The second kappa shape index (κ2) is 5.79. The normalized spacial score (nSPS) is 31.6. The fraction of sp³-hybridized carbons (Fsp3) is 0.824. The summed E-state index contributed by atoms with van der Waals surface area (Å²) in [5, 5.41) is 3.71. The smallest absolute Gasteiger partial charge is 0.203 e. The van der Waals surface area contributed by atoms with Crippen LogP contribution in [-0.2, 0) is 0 Å². The Labute approximate surface area is 123 Å². The average Bonchev–Trinajstić information content (AvgIpc) is 2.98. The summed E-state index contributed by atoms with van der Waals surface area (Å²) in [6.07, 6.45) is 11.6. The first-order chi connectivity index (χ1) is 9.61. The minimum atomic E-state index is 0.638. The van der Waals surface area contributed by atoms with Gasteiger partial charge in [0.2, 0.25) is 5.95 Å². The molecular weight excluding hydrogens is 246 g/mol. The van der Waals surface area contributed by atoms with Crippen LogP contribution >= 0.6 is 0 Å². The van der Waals surface area contributed by atoms with Crippen molar-refractivity contribution in [3.63, 3.8) is 0 Å². The van der Waals surface area contributed by atoms with Gasteiger partial charge in [-0.3, -0.25) is 0 Å². The third-order valence-electron chi connectivity index (χ3n) is 5.09. The van der Waals surface area contributed by atoms with Crippen molar-refractivity contribution < 1.29 is 0 Å². The van der Waals surface area contributed by atoms with Crippen molar-refractivity contribution in [3.8, 4) is 0 Å². The molecule has 0 aromatic carbocycles. The monoisotopic (exact) mass is 275 g/mol. The van der Waals surface area contributed by atoms with Crippen LogP contribution in [0.15, 0.2) is 6.20 Å². The Kier molecular flexibility index (Phi) is 4.04. The minimum absolute atomic E-state index is 0.638. The van der Waals surface area contributed by atoms with E-state index in [2.05, 4.69) is 36.9 Å². The first-order valence-electron chi connectivity index (χ1n) is 8.44. The first-order valence-corrected chi connectivity index (χ1v) is 8.44. The molecule has 3 rings (SSSR count). The first kappa shape index (κ1) is 14.0. The molecule has 1 aromatic heterocycles. The van der Waals surface area contributed by atoms with Crippen LogP contribution in [0.2, 0.25) is 0 Å². The van der Waals surface area contributed by atoms with Gasteiger partial charge in [0.15, 0.2) is 0 Å². The lowest BCUT2D eigenvalue weighted by molar-refractivity contribution is 0.222. The van der Waals surface area contributed by atoms with E-state index in [1.54, 1.807) is 0 Å². The molecule has 0 radical (unpaired) electrons. The maximum absolute atomic E-state index is 4.75. The number of hydrogen-bond donors (Lipinski definition) is 1. The van der Waals surface area contributed by atoms with Gasteiger partial charge in [0.1, 0.15) is 0 Å². The molecule has 3 nitrogen and oxygen atoms in total. The number of nitrogens with one attached hydrogen (secondary N) is 1. The summed E-state index contributed by atoms with van der Waals surface area (Å²) < 4.78 is 2.44. The third-order valence-corrected chi connectivity index (χ3v) is 5.09. The molecule has 3 heteroatoms. The van der Waals surface area contributed by atoms with Crippen LogP contribution in [0.1, 0.15) is 70.5 Å². The van der Waals surface area contributed by atoms with E-state index < -0.39 is 0 Å². The van der Waals surface area contributed by atoms with Gasteiger partial charge in [0, 0.05) is 18.3 Å². The summed E-state index contributed by atoms with van der Waals surface area (Å²) in [5.41, 5.74) is 1.15. The Morgan fingerprint density at radius 1 is 1.10 bits per heavy atom. The summed E-state index contributed by atoms with van der Waals surface area (Å²) in [5.74, 6) is 2.80. The lowest BCUT2D eigenvalue weighted by atomic mass is 9.80. The lowest BCUT2D eigenvalue weighted by Crippen LogP contribution is -2.25. The zero-order chi connectivity index (χ0) is 14.1. The van der Waals surface area contributed by atoms with E-state index in [-0.39, 0.29) is 0 Å². The van der Waals surface area contributed by atoms with E-state index in [0.717, 1.165) is 23.5 Å². The minimum Gasteiger partial charge on any atom is -0.353 e. The zero-order valence-corrected chi connectivity index (χ0v) is 13.2. The molecule has 0 bridgehead atoms. The van der Waals surface area contributed by atoms with Crippen molar-refractivity contribution in [3.05, 3.63) is 11.9 Å². The second-order valence-electron chi connectivity index (χ2n) is 7.31. The fourth-order valence-electron chi connectivity index (χ4n) is 4.29. The van der Waals surface area contributed by atoms with Gasteiger partial charge in [0.05, 0.1) is 5.69 Å². The molecule has 0 aliphatic heterocycles. The van der Waals surface area contributed by atoms with E-state index in [1.165, 1.54) is 44.9 Å². The summed E-state index contributed by atoms with van der Waals surface area (Å²) in [7, 11) is 0. The van der Waals surface area contributed by atoms with Gasteiger partial charge in [-0.15, -0.1) is 0 Å². The van der Waals surface area contributed by atoms with Gasteiger partial charge >= 0.3 is 0 Å². The van der Waals surface area contributed by atoms with Crippen LogP contribution in [-0.4, -0.2) is 15.6 Å². The van der Waals surface area contributed by atoms with Crippen molar-refractivity contribution in [1.82, 2.24) is 9.55 Å². The molecule has 1 aromatic rings. The number of hydrogen-bond acceptors (Lipinski definition) is 2. The van der Waals surface area contributed by atoms with Crippen LogP contribution in [0, 0.1) is 18.8 Å². The topological polar surface area (TPSA) is 29.9 Å². The van der Waals surface area contributed by atoms with E-state index in [0.29, 0.717) is 12.1 Å². The van der Waals surface area contributed by atoms with Crippen LogP contribution in [0.3, 0.4) is 0 Å². The molecule has 2 unspecified atom stereocenters. The second-order valence-corrected chi connectivity index (χ2v) is 7.31. The molecule has 2 aliphatic rings.